The van der Waals surface area contributed by atoms with Gasteiger partial charge in [-0.3, -0.25) is 4.98 Å². The molecule has 0 aliphatic heterocycles. The normalized spacial score (nSPS) is 10.1. The number of aromatic nitrogens is 2. The van der Waals surface area contributed by atoms with Gasteiger partial charge in [0, 0.05) is 25.1 Å². The molecule has 2 heterocycles. The predicted molar refractivity (Wildman–Crippen MR) is 70.5 cm³/mol. The Balaban J connectivity index is 2.08. The van der Waals surface area contributed by atoms with Crippen LogP contribution in [0.25, 0.3) is 0 Å². The van der Waals surface area contributed by atoms with E-state index >= 15 is 0 Å². The number of nitrogens with zero attached hydrogens (tertiary/aromatic N) is 2. The van der Waals surface area contributed by atoms with Crippen molar-refractivity contribution in [2.24, 2.45) is 0 Å². The molecule has 0 aliphatic carbocycles. The quantitative estimate of drug-likeness (QED) is 0.908. The van der Waals surface area contributed by atoms with Crippen LogP contribution in [0.15, 0.2) is 41.3 Å². The molecular weight excluding hydrogens is 298 g/mol. The molecule has 0 spiro atoms. The molecule has 2 N–H and O–H groups in total. The van der Waals surface area contributed by atoms with E-state index in [1.807, 2.05) is 12.1 Å². The fourth-order valence-electron chi connectivity index (χ4n) is 1.37. The van der Waals surface area contributed by atoms with Gasteiger partial charge in [-0.1, -0.05) is 0 Å². The van der Waals surface area contributed by atoms with Crippen molar-refractivity contribution in [1.29, 1.82) is 0 Å². The largest absolute Gasteiger partial charge is 0.478 e. The first-order chi connectivity index (χ1) is 8.66. The van der Waals surface area contributed by atoms with Crippen molar-refractivity contribution >= 4 is 27.7 Å². The van der Waals surface area contributed by atoms with Crippen LogP contribution in [-0.2, 0) is 6.54 Å². The highest BCUT2D eigenvalue weighted by Crippen LogP contribution is 2.21. The van der Waals surface area contributed by atoms with E-state index in [0.29, 0.717) is 16.8 Å². The molecule has 0 saturated carbocycles. The number of carboxylic acids is 1. The fourth-order valence-corrected chi connectivity index (χ4v) is 1.86. The summed E-state index contributed by atoms with van der Waals surface area (Å²) in [4.78, 5) is 18.7. The molecule has 18 heavy (non-hydrogen) atoms. The van der Waals surface area contributed by atoms with E-state index in [1.165, 1.54) is 12.3 Å². The standard InChI is InChI=1S/C12H10BrN3O2/c13-10-5-9(12(17)18)7-16-11(10)15-6-8-1-3-14-4-2-8/h1-5,7H,6H2,(H,15,16)(H,17,18). The second-order valence-electron chi connectivity index (χ2n) is 3.57. The summed E-state index contributed by atoms with van der Waals surface area (Å²) in [5, 5.41) is 11.9. The average molecular weight is 308 g/mol. The summed E-state index contributed by atoms with van der Waals surface area (Å²) in [6.45, 7) is 0.598. The van der Waals surface area contributed by atoms with E-state index in [0.717, 1.165) is 5.56 Å². The van der Waals surface area contributed by atoms with Gasteiger partial charge in [0.05, 0.1) is 10.0 Å². The van der Waals surface area contributed by atoms with Gasteiger partial charge in [0.15, 0.2) is 0 Å². The lowest BCUT2D eigenvalue weighted by molar-refractivity contribution is 0.0696. The van der Waals surface area contributed by atoms with E-state index in [1.54, 1.807) is 12.4 Å². The van der Waals surface area contributed by atoms with Crippen LogP contribution in [0, 0.1) is 0 Å². The molecule has 0 saturated heterocycles. The Morgan fingerprint density at radius 2 is 2.11 bits per heavy atom. The molecule has 2 aromatic heterocycles. The smallest absolute Gasteiger partial charge is 0.337 e. The van der Waals surface area contributed by atoms with Gasteiger partial charge in [-0.15, -0.1) is 0 Å². The topological polar surface area (TPSA) is 75.1 Å². The van der Waals surface area contributed by atoms with Crippen molar-refractivity contribution in [1.82, 2.24) is 9.97 Å². The highest BCUT2D eigenvalue weighted by Gasteiger charge is 2.07. The van der Waals surface area contributed by atoms with Crippen LogP contribution >= 0.6 is 15.9 Å². The minimum absolute atomic E-state index is 0.149. The van der Waals surface area contributed by atoms with E-state index in [4.69, 9.17) is 5.11 Å². The lowest BCUT2D eigenvalue weighted by Crippen LogP contribution is -2.04. The number of anilines is 1. The zero-order chi connectivity index (χ0) is 13.0. The third-order valence-electron chi connectivity index (χ3n) is 2.30. The van der Waals surface area contributed by atoms with Gasteiger partial charge >= 0.3 is 5.97 Å². The predicted octanol–water partition coefficient (Wildman–Crippen LogP) is 2.55. The summed E-state index contributed by atoms with van der Waals surface area (Å²) in [6.07, 6.45) is 4.75. The maximum absolute atomic E-state index is 10.8. The highest BCUT2D eigenvalue weighted by molar-refractivity contribution is 9.10. The van der Waals surface area contributed by atoms with Crippen molar-refractivity contribution in [3.63, 3.8) is 0 Å². The molecule has 0 aliphatic rings. The Hall–Kier alpha value is -1.95. The van der Waals surface area contributed by atoms with E-state index in [-0.39, 0.29) is 5.56 Å². The van der Waals surface area contributed by atoms with E-state index in [9.17, 15) is 4.79 Å². The Bertz CT molecular complexity index is 561. The van der Waals surface area contributed by atoms with Gasteiger partial charge in [-0.2, -0.15) is 0 Å². The summed E-state index contributed by atoms with van der Waals surface area (Å²) >= 11 is 3.29. The number of rotatable bonds is 4. The molecule has 92 valence electrons. The summed E-state index contributed by atoms with van der Waals surface area (Å²) < 4.78 is 0.622. The number of carbonyl (C=O) groups is 1. The monoisotopic (exact) mass is 307 g/mol. The van der Waals surface area contributed by atoms with Gasteiger partial charge < -0.3 is 10.4 Å². The van der Waals surface area contributed by atoms with Crippen molar-refractivity contribution < 1.29 is 9.90 Å². The molecule has 0 unspecified atom stereocenters. The minimum atomic E-state index is -0.996. The van der Waals surface area contributed by atoms with E-state index in [2.05, 4.69) is 31.2 Å². The molecule has 6 heteroatoms. The first-order valence-electron chi connectivity index (χ1n) is 5.18. The average Bonchev–Trinajstić information content (AvgIpc) is 2.38. The van der Waals surface area contributed by atoms with Crippen LogP contribution in [0.1, 0.15) is 15.9 Å². The van der Waals surface area contributed by atoms with Gasteiger partial charge in [0.1, 0.15) is 5.82 Å². The summed E-state index contributed by atoms with van der Waals surface area (Å²) in [6, 6.07) is 5.31. The van der Waals surface area contributed by atoms with Crippen molar-refractivity contribution in [2.75, 3.05) is 5.32 Å². The third-order valence-corrected chi connectivity index (χ3v) is 2.90. The Kier molecular flexibility index (Phi) is 3.88. The summed E-state index contributed by atoms with van der Waals surface area (Å²) in [5.41, 5.74) is 1.22. The van der Waals surface area contributed by atoms with Crippen LogP contribution in [0.3, 0.4) is 0 Å². The number of hydrogen-bond acceptors (Lipinski definition) is 4. The van der Waals surface area contributed by atoms with Crippen LogP contribution in [-0.4, -0.2) is 21.0 Å². The zero-order valence-corrected chi connectivity index (χ0v) is 10.9. The van der Waals surface area contributed by atoms with Crippen molar-refractivity contribution in [3.8, 4) is 0 Å². The molecule has 0 fully saturated rings. The van der Waals surface area contributed by atoms with E-state index < -0.39 is 5.97 Å². The fraction of sp³-hybridized carbons (Fsp3) is 0.0833. The first kappa shape index (κ1) is 12.5. The summed E-state index contributed by atoms with van der Waals surface area (Å²) in [7, 11) is 0. The molecule has 0 atom stereocenters. The SMILES string of the molecule is O=C(O)c1cnc(NCc2ccncc2)c(Br)c1. The molecule has 0 aromatic carbocycles. The molecule has 2 rings (SSSR count). The van der Waals surface area contributed by atoms with Gasteiger partial charge in [-0.05, 0) is 39.7 Å². The first-order valence-corrected chi connectivity index (χ1v) is 5.98. The second-order valence-corrected chi connectivity index (χ2v) is 4.42. The molecule has 5 nitrogen and oxygen atoms in total. The second kappa shape index (κ2) is 5.59. The lowest BCUT2D eigenvalue weighted by atomic mass is 10.2. The highest BCUT2D eigenvalue weighted by atomic mass is 79.9. The number of nitrogens with one attached hydrogen (secondary N) is 1. The number of aromatic carboxylic acids is 1. The summed E-state index contributed by atoms with van der Waals surface area (Å²) in [5.74, 6) is -0.388. The van der Waals surface area contributed by atoms with Crippen LogP contribution < -0.4 is 5.32 Å². The van der Waals surface area contributed by atoms with Crippen LogP contribution in [0.4, 0.5) is 5.82 Å². The lowest BCUT2D eigenvalue weighted by Gasteiger charge is -2.07. The Morgan fingerprint density at radius 1 is 1.39 bits per heavy atom. The number of carboxylic acid groups (broad SMARTS) is 1. The number of pyridine rings is 2. The molecule has 0 radical (unpaired) electrons. The van der Waals surface area contributed by atoms with Gasteiger partial charge in [0.25, 0.3) is 0 Å². The van der Waals surface area contributed by atoms with Crippen LogP contribution in [0.2, 0.25) is 0 Å². The zero-order valence-electron chi connectivity index (χ0n) is 9.30. The molecule has 0 bridgehead atoms. The number of hydrogen-bond donors (Lipinski definition) is 2. The third kappa shape index (κ3) is 3.04. The Morgan fingerprint density at radius 3 is 2.72 bits per heavy atom. The maximum atomic E-state index is 10.8. The molecular formula is C12H10BrN3O2. The molecule has 0 amide bonds. The maximum Gasteiger partial charge on any atom is 0.337 e. The van der Waals surface area contributed by atoms with Gasteiger partial charge in [-0.25, -0.2) is 9.78 Å². The molecule has 2 aromatic rings. The van der Waals surface area contributed by atoms with Crippen molar-refractivity contribution in [3.05, 3.63) is 52.4 Å². The Labute approximate surface area is 112 Å². The van der Waals surface area contributed by atoms with Crippen molar-refractivity contribution in [2.45, 2.75) is 6.54 Å². The minimum Gasteiger partial charge on any atom is -0.478 e. The van der Waals surface area contributed by atoms with Gasteiger partial charge in [0.2, 0.25) is 0 Å². The number of halogens is 1. The van der Waals surface area contributed by atoms with Crippen LogP contribution in [0.5, 0.6) is 0 Å².